The van der Waals surface area contributed by atoms with Crippen molar-refractivity contribution >= 4 is 23.3 Å². The molecule has 0 aliphatic heterocycles. The Bertz CT molecular complexity index is 825. The van der Waals surface area contributed by atoms with Crippen molar-refractivity contribution in [2.75, 3.05) is 6.61 Å². The normalized spacial score (nSPS) is 11.2. The first-order valence-electron chi connectivity index (χ1n) is 6.88. The summed E-state index contributed by atoms with van der Waals surface area (Å²) < 4.78 is 13.6. The Kier molecular flexibility index (Phi) is 3.55. The minimum Gasteiger partial charge on any atom is -0.492 e. The molecule has 1 aromatic carbocycles. The van der Waals surface area contributed by atoms with E-state index in [4.69, 9.17) is 21.5 Å². The maximum absolute atomic E-state index is 5.65. The van der Waals surface area contributed by atoms with Crippen LogP contribution in [0.25, 0.3) is 11.0 Å². The summed E-state index contributed by atoms with van der Waals surface area (Å²) in [6.45, 7) is 7.08. The van der Waals surface area contributed by atoms with Crippen molar-refractivity contribution in [1.82, 2.24) is 14.7 Å². The van der Waals surface area contributed by atoms with Gasteiger partial charge in [-0.1, -0.05) is 11.2 Å². The topological polar surface area (TPSA) is 56.0 Å². The second-order valence-electron chi connectivity index (χ2n) is 4.90. The number of para-hydroxylation sites is 1. The standard InChI is InChI=1S/C15H17N3O2S/c1-4-19-13-7-5-6-12-14(13)16-15(21)18(12)8-11-9(2)17-20-10(11)3/h5-7H,4,8H2,1-3H3,(H,16,21). The number of aryl methyl sites for hydroxylation is 2. The molecule has 0 aliphatic carbocycles. The Morgan fingerprint density at radius 2 is 2.19 bits per heavy atom. The van der Waals surface area contributed by atoms with E-state index in [-0.39, 0.29) is 0 Å². The van der Waals surface area contributed by atoms with Crippen LogP contribution in [0.2, 0.25) is 0 Å². The van der Waals surface area contributed by atoms with Gasteiger partial charge in [0, 0.05) is 5.56 Å². The van der Waals surface area contributed by atoms with Crippen molar-refractivity contribution in [3.05, 3.63) is 40.0 Å². The number of hydrogen-bond donors (Lipinski definition) is 1. The summed E-state index contributed by atoms with van der Waals surface area (Å²) in [5.74, 6) is 1.64. The molecule has 0 saturated carbocycles. The molecular weight excluding hydrogens is 286 g/mol. The zero-order valence-electron chi connectivity index (χ0n) is 12.3. The highest BCUT2D eigenvalue weighted by Crippen LogP contribution is 2.26. The van der Waals surface area contributed by atoms with E-state index in [1.807, 2.05) is 43.5 Å². The fourth-order valence-electron chi connectivity index (χ4n) is 2.47. The van der Waals surface area contributed by atoms with Gasteiger partial charge in [0.1, 0.15) is 17.0 Å². The summed E-state index contributed by atoms with van der Waals surface area (Å²) >= 11 is 5.46. The van der Waals surface area contributed by atoms with E-state index in [0.29, 0.717) is 17.9 Å². The highest BCUT2D eigenvalue weighted by molar-refractivity contribution is 7.71. The van der Waals surface area contributed by atoms with Crippen LogP contribution in [-0.2, 0) is 6.54 Å². The fourth-order valence-corrected chi connectivity index (χ4v) is 2.74. The lowest BCUT2D eigenvalue weighted by Crippen LogP contribution is -2.01. The highest BCUT2D eigenvalue weighted by Gasteiger charge is 2.14. The van der Waals surface area contributed by atoms with Crippen LogP contribution < -0.4 is 4.74 Å². The number of fused-ring (bicyclic) bond motifs is 1. The SMILES string of the molecule is CCOc1cccc2c1[nH]c(=S)n2Cc1c(C)noc1C. The molecule has 3 rings (SSSR count). The average molecular weight is 303 g/mol. The number of aromatic amines is 1. The van der Waals surface area contributed by atoms with Gasteiger partial charge in [-0.2, -0.15) is 0 Å². The summed E-state index contributed by atoms with van der Waals surface area (Å²) in [7, 11) is 0. The first-order chi connectivity index (χ1) is 10.1. The smallest absolute Gasteiger partial charge is 0.178 e. The Hall–Kier alpha value is -2.08. The first kappa shape index (κ1) is 13.9. The molecule has 1 N–H and O–H groups in total. The zero-order valence-corrected chi connectivity index (χ0v) is 13.1. The lowest BCUT2D eigenvalue weighted by atomic mass is 10.2. The minimum atomic E-state index is 0.620. The monoisotopic (exact) mass is 303 g/mol. The van der Waals surface area contributed by atoms with Crippen LogP contribution in [0.15, 0.2) is 22.7 Å². The van der Waals surface area contributed by atoms with E-state index < -0.39 is 0 Å². The molecule has 6 heteroatoms. The number of ether oxygens (including phenoxy) is 1. The number of hydrogen-bond acceptors (Lipinski definition) is 4. The molecular formula is C15H17N3O2S. The van der Waals surface area contributed by atoms with Crippen LogP contribution in [0.4, 0.5) is 0 Å². The van der Waals surface area contributed by atoms with E-state index in [9.17, 15) is 0 Å². The van der Waals surface area contributed by atoms with Gasteiger partial charge in [-0.3, -0.25) is 0 Å². The molecule has 21 heavy (non-hydrogen) atoms. The number of H-pyrrole nitrogens is 1. The molecule has 0 spiro atoms. The van der Waals surface area contributed by atoms with Gasteiger partial charge in [0.15, 0.2) is 4.77 Å². The van der Waals surface area contributed by atoms with E-state index in [2.05, 4.69) is 10.1 Å². The number of aromatic nitrogens is 3. The highest BCUT2D eigenvalue weighted by atomic mass is 32.1. The summed E-state index contributed by atoms with van der Waals surface area (Å²) in [5.41, 5.74) is 3.90. The molecule has 0 bridgehead atoms. The average Bonchev–Trinajstić information content (AvgIpc) is 2.95. The number of nitrogens with one attached hydrogen (secondary N) is 1. The molecule has 0 radical (unpaired) electrons. The van der Waals surface area contributed by atoms with E-state index >= 15 is 0 Å². The fraction of sp³-hybridized carbons (Fsp3) is 0.333. The number of imidazole rings is 1. The molecule has 0 atom stereocenters. The summed E-state index contributed by atoms with van der Waals surface area (Å²) in [6.07, 6.45) is 0. The van der Waals surface area contributed by atoms with Crippen LogP contribution in [-0.4, -0.2) is 21.3 Å². The van der Waals surface area contributed by atoms with Crippen molar-refractivity contribution in [1.29, 1.82) is 0 Å². The van der Waals surface area contributed by atoms with Crippen molar-refractivity contribution in [3.63, 3.8) is 0 Å². The van der Waals surface area contributed by atoms with Crippen molar-refractivity contribution in [2.24, 2.45) is 0 Å². The largest absolute Gasteiger partial charge is 0.492 e. The third-order valence-electron chi connectivity index (χ3n) is 3.57. The summed E-state index contributed by atoms with van der Waals surface area (Å²) in [6, 6.07) is 5.94. The Morgan fingerprint density at radius 1 is 1.38 bits per heavy atom. The molecule has 5 nitrogen and oxygen atoms in total. The number of nitrogens with zero attached hydrogens (tertiary/aromatic N) is 2. The molecule has 2 heterocycles. The molecule has 110 valence electrons. The van der Waals surface area contributed by atoms with Crippen molar-refractivity contribution in [2.45, 2.75) is 27.3 Å². The van der Waals surface area contributed by atoms with Gasteiger partial charge < -0.3 is 18.8 Å². The van der Waals surface area contributed by atoms with Crippen LogP contribution in [0.3, 0.4) is 0 Å². The van der Waals surface area contributed by atoms with E-state index in [0.717, 1.165) is 33.8 Å². The summed E-state index contributed by atoms with van der Waals surface area (Å²) in [5, 5.41) is 4.00. The molecule has 0 unspecified atom stereocenters. The van der Waals surface area contributed by atoms with Crippen LogP contribution in [0.1, 0.15) is 23.9 Å². The van der Waals surface area contributed by atoms with Crippen LogP contribution in [0, 0.1) is 18.6 Å². The zero-order chi connectivity index (χ0) is 15.0. The molecule has 0 saturated heterocycles. The van der Waals surface area contributed by atoms with E-state index in [1.165, 1.54) is 0 Å². The molecule has 0 amide bonds. The number of rotatable bonds is 4. The van der Waals surface area contributed by atoms with Gasteiger partial charge in [-0.25, -0.2) is 0 Å². The quantitative estimate of drug-likeness (QED) is 0.746. The Balaban J connectivity index is 2.13. The lowest BCUT2D eigenvalue weighted by Gasteiger charge is -2.06. The molecule has 3 aromatic rings. The second-order valence-corrected chi connectivity index (χ2v) is 5.29. The maximum Gasteiger partial charge on any atom is 0.178 e. The van der Waals surface area contributed by atoms with Gasteiger partial charge in [0.05, 0.1) is 24.4 Å². The first-order valence-corrected chi connectivity index (χ1v) is 7.28. The second kappa shape index (κ2) is 5.37. The van der Waals surface area contributed by atoms with Gasteiger partial charge >= 0.3 is 0 Å². The predicted octanol–water partition coefficient (Wildman–Crippen LogP) is 3.75. The third kappa shape index (κ3) is 2.35. The van der Waals surface area contributed by atoms with Gasteiger partial charge in [-0.05, 0) is 45.1 Å². The number of benzene rings is 1. The van der Waals surface area contributed by atoms with E-state index in [1.54, 1.807) is 0 Å². The van der Waals surface area contributed by atoms with Gasteiger partial charge in [0.25, 0.3) is 0 Å². The maximum atomic E-state index is 5.65. The van der Waals surface area contributed by atoms with Crippen LogP contribution in [0.5, 0.6) is 5.75 Å². The van der Waals surface area contributed by atoms with Gasteiger partial charge in [0.2, 0.25) is 0 Å². The van der Waals surface area contributed by atoms with Crippen molar-refractivity contribution < 1.29 is 9.26 Å². The lowest BCUT2D eigenvalue weighted by molar-refractivity contribution is 0.343. The van der Waals surface area contributed by atoms with Crippen molar-refractivity contribution in [3.8, 4) is 5.75 Å². The molecule has 0 aliphatic rings. The Morgan fingerprint density at radius 3 is 2.86 bits per heavy atom. The van der Waals surface area contributed by atoms with Crippen LogP contribution >= 0.6 is 12.2 Å². The minimum absolute atomic E-state index is 0.620. The third-order valence-corrected chi connectivity index (χ3v) is 3.89. The Labute approximate surface area is 127 Å². The summed E-state index contributed by atoms with van der Waals surface area (Å²) in [4.78, 5) is 3.23. The van der Waals surface area contributed by atoms with Gasteiger partial charge in [-0.15, -0.1) is 0 Å². The molecule has 0 fully saturated rings. The predicted molar refractivity (Wildman–Crippen MR) is 83.4 cm³/mol. The molecule has 2 aromatic heterocycles.